The van der Waals surface area contributed by atoms with E-state index in [-0.39, 0.29) is 12.5 Å². The van der Waals surface area contributed by atoms with Gasteiger partial charge in [-0.1, -0.05) is 0 Å². The number of nitrogen functional groups attached to an aromatic ring is 2. The third-order valence-corrected chi connectivity index (χ3v) is 2.79. The van der Waals surface area contributed by atoms with E-state index >= 15 is 0 Å². The Morgan fingerprint density at radius 1 is 1.37 bits per heavy atom. The standard InChI is InChI=1S/C13H16N4O2/c1-7-8(2)19-12(17-7)6-16-13(18)10-4-3-9(14)5-11(10)15/h3-5H,6,14-15H2,1-2H3,(H,16,18). The Balaban J connectivity index is 2.05. The first-order valence-electron chi connectivity index (χ1n) is 5.83. The van der Waals surface area contributed by atoms with Crippen LogP contribution in [0.15, 0.2) is 22.6 Å². The van der Waals surface area contributed by atoms with Gasteiger partial charge < -0.3 is 21.2 Å². The van der Waals surface area contributed by atoms with E-state index in [9.17, 15) is 4.79 Å². The molecule has 0 fully saturated rings. The van der Waals surface area contributed by atoms with E-state index in [1.165, 1.54) is 0 Å². The smallest absolute Gasteiger partial charge is 0.253 e. The monoisotopic (exact) mass is 260 g/mol. The number of carbonyl (C=O) groups excluding carboxylic acids is 1. The molecule has 5 N–H and O–H groups in total. The second-order valence-corrected chi connectivity index (χ2v) is 4.28. The topological polar surface area (TPSA) is 107 Å². The lowest BCUT2D eigenvalue weighted by molar-refractivity contribution is 0.0948. The fourth-order valence-electron chi connectivity index (χ4n) is 1.65. The molecule has 0 bridgehead atoms. The van der Waals surface area contributed by atoms with Gasteiger partial charge in [-0.25, -0.2) is 4.98 Å². The van der Waals surface area contributed by atoms with Crippen molar-refractivity contribution in [3.8, 4) is 0 Å². The Hall–Kier alpha value is -2.50. The van der Waals surface area contributed by atoms with Crippen LogP contribution in [0.1, 0.15) is 27.7 Å². The van der Waals surface area contributed by atoms with E-state index in [4.69, 9.17) is 15.9 Å². The molecule has 0 spiro atoms. The van der Waals surface area contributed by atoms with E-state index in [1.807, 2.05) is 13.8 Å². The Morgan fingerprint density at radius 3 is 2.68 bits per heavy atom. The molecule has 19 heavy (non-hydrogen) atoms. The van der Waals surface area contributed by atoms with Crippen LogP contribution < -0.4 is 16.8 Å². The van der Waals surface area contributed by atoms with Gasteiger partial charge in [-0.2, -0.15) is 0 Å². The Labute approximate surface area is 110 Å². The zero-order valence-corrected chi connectivity index (χ0v) is 10.9. The van der Waals surface area contributed by atoms with Gasteiger partial charge in [0.15, 0.2) is 0 Å². The van der Waals surface area contributed by atoms with Gasteiger partial charge in [-0.3, -0.25) is 4.79 Å². The molecule has 2 aromatic rings. The molecule has 6 nitrogen and oxygen atoms in total. The predicted molar refractivity (Wildman–Crippen MR) is 72.4 cm³/mol. The molecular weight excluding hydrogens is 244 g/mol. The van der Waals surface area contributed by atoms with Crippen LogP contribution in [0.25, 0.3) is 0 Å². The number of carbonyl (C=O) groups is 1. The van der Waals surface area contributed by atoms with Crippen molar-refractivity contribution < 1.29 is 9.21 Å². The van der Waals surface area contributed by atoms with Gasteiger partial charge in [-0.05, 0) is 32.0 Å². The molecule has 2 rings (SSSR count). The van der Waals surface area contributed by atoms with Gasteiger partial charge in [0.05, 0.1) is 17.8 Å². The number of hydrogen-bond acceptors (Lipinski definition) is 5. The summed E-state index contributed by atoms with van der Waals surface area (Å²) in [6.45, 7) is 3.89. The molecule has 0 saturated carbocycles. The molecular formula is C13H16N4O2. The molecule has 0 saturated heterocycles. The largest absolute Gasteiger partial charge is 0.444 e. The summed E-state index contributed by atoms with van der Waals surface area (Å²) in [5.41, 5.74) is 13.4. The van der Waals surface area contributed by atoms with E-state index < -0.39 is 0 Å². The van der Waals surface area contributed by atoms with Gasteiger partial charge in [0.25, 0.3) is 5.91 Å². The van der Waals surface area contributed by atoms with Gasteiger partial charge >= 0.3 is 0 Å². The molecule has 0 unspecified atom stereocenters. The first kappa shape index (κ1) is 12.9. The van der Waals surface area contributed by atoms with Gasteiger partial charge in [0.2, 0.25) is 5.89 Å². The Bertz CT molecular complexity index is 600. The fraction of sp³-hybridized carbons (Fsp3) is 0.231. The maximum absolute atomic E-state index is 11.9. The zero-order valence-electron chi connectivity index (χ0n) is 10.9. The molecule has 1 amide bonds. The van der Waals surface area contributed by atoms with Crippen molar-refractivity contribution in [3.05, 3.63) is 41.1 Å². The lowest BCUT2D eigenvalue weighted by Gasteiger charge is -2.06. The Kier molecular flexibility index (Phi) is 3.41. The quantitative estimate of drug-likeness (QED) is 0.723. The SMILES string of the molecule is Cc1nc(CNC(=O)c2ccc(N)cc2N)oc1C. The molecule has 1 heterocycles. The van der Waals surface area contributed by atoms with Crippen molar-refractivity contribution >= 4 is 17.3 Å². The summed E-state index contributed by atoms with van der Waals surface area (Å²) in [5.74, 6) is 0.930. The summed E-state index contributed by atoms with van der Waals surface area (Å²) in [6, 6.07) is 4.77. The third-order valence-electron chi connectivity index (χ3n) is 2.79. The van der Waals surface area contributed by atoms with Crippen LogP contribution >= 0.6 is 0 Å². The second kappa shape index (κ2) is 5.01. The highest BCUT2D eigenvalue weighted by Crippen LogP contribution is 2.15. The van der Waals surface area contributed by atoms with E-state index in [2.05, 4.69) is 10.3 Å². The highest BCUT2D eigenvalue weighted by atomic mass is 16.4. The first-order valence-corrected chi connectivity index (χ1v) is 5.83. The van der Waals surface area contributed by atoms with Crippen LogP contribution in [0.2, 0.25) is 0 Å². The number of benzene rings is 1. The summed E-state index contributed by atoms with van der Waals surface area (Å²) in [7, 11) is 0. The number of nitrogens with two attached hydrogens (primary N) is 2. The van der Waals surface area contributed by atoms with E-state index in [0.29, 0.717) is 22.8 Å². The number of aryl methyl sites for hydroxylation is 2. The number of hydrogen-bond donors (Lipinski definition) is 3. The van der Waals surface area contributed by atoms with Crippen molar-refractivity contribution in [2.45, 2.75) is 20.4 Å². The highest BCUT2D eigenvalue weighted by molar-refractivity contribution is 5.99. The van der Waals surface area contributed by atoms with E-state index in [0.717, 1.165) is 11.5 Å². The van der Waals surface area contributed by atoms with Crippen LogP contribution in [0.3, 0.4) is 0 Å². The Morgan fingerprint density at radius 2 is 2.11 bits per heavy atom. The van der Waals surface area contributed by atoms with Crippen molar-refractivity contribution in [2.75, 3.05) is 11.5 Å². The summed E-state index contributed by atoms with van der Waals surface area (Å²) in [6.07, 6.45) is 0. The minimum absolute atomic E-state index is 0.220. The third kappa shape index (κ3) is 2.85. The second-order valence-electron chi connectivity index (χ2n) is 4.28. The van der Waals surface area contributed by atoms with E-state index in [1.54, 1.807) is 18.2 Å². The number of nitrogens with one attached hydrogen (secondary N) is 1. The number of aromatic nitrogens is 1. The summed E-state index contributed by atoms with van der Waals surface area (Å²) < 4.78 is 5.37. The maximum atomic E-state index is 11.9. The molecule has 0 radical (unpaired) electrons. The molecule has 0 atom stereocenters. The van der Waals surface area contributed by atoms with Crippen LogP contribution in [0.5, 0.6) is 0 Å². The number of anilines is 2. The summed E-state index contributed by atoms with van der Waals surface area (Å²) >= 11 is 0. The van der Waals surface area contributed by atoms with Crippen LogP contribution in [0, 0.1) is 13.8 Å². The van der Waals surface area contributed by atoms with Crippen LogP contribution in [-0.2, 0) is 6.54 Å². The highest BCUT2D eigenvalue weighted by Gasteiger charge is 2.11. The predicted octanol–water partition coefficient (Wildman–Crippen LogP) is 1.39. The lowest BCUT2D eigenvalue weighted by Crippen LogP contribution is -2.24. The van der Waals surface area contributed by atoms with Gasteiger partial charge in [-0.15, -0.1) is 0 Å². The first-order chi connectivity index (χ1) is 8.97. The lowest BCUT2D eigenvalue weighted by atomic mass is 10.1. The summed E-state index contributed by atoms with van der Waals surface area (Å²) in [4.78, 5) is 16.1. The van der Waals surface area contributed by atoms with Crippen LogP contribution in [0.4, 0.5) is 11.4 Å². The zero-order chi connectivity index (χ0) is 14.0. The molecule has 100 valence electrons. The molecule has 0 aliphatic carbocycles. The maximum Gasteiger partial charge on any atom is 0.253 e. The van der Waals surface area contributed by atoms with Crippen molar-refractivity contribution in [1.82, 2.24) is 10.3 Å². The van der Waals surface area contributed by atoms with Crippen molar-refractivity contribution in [2.24, 2.45) is 0 Å². The number of amides is 1. The average Bonchev–Trinajstić information content (AvgIpc) is 2.66. The molecule has 1 aromatic carbocycles. The van der Waals surface area contributed by atoms with Crippen LogP contribution in [-0.4, -0.2) is 10.9 Å². The molecule has 0 aliphatic rings. The van der Waals surface area contributed by atoms with Gasteiger partial charge in [0.1, 0.15) is 5.76 Å². The minimum atomic E-state index is -0.286. The van der Waals surface area contributed by atoms with Gasteiger partial charge in [0, 0.05) is 11.4 Å². The van der Waals surface area contributed by atoms with Crippen molar-refractivity contribution in [3.63, 3.8) is 0 Å². The summed E-state index contributed by atoms with van der Waals surface area (Å²) in [5, 5.41) is 2.70. The normalized spacial score (nSPS) is 10.4. The number of nitrogens with zero attached hydrogens (tertiary/aromatic N) is 1. The molecule has 6 heteroatoms. The number of oxazole rings is 1. The van der Waals surface area contributed by atoms with Crippen molar-refractivity contribution in [1.29, 1.82) is 0 Å². The molecule has 1 aromatic heterocycles. The minimum Gasteiger partial charge on any atom is -0.444 e. The average molecular weight is 260 g/mol. The molecule has 0 aliphatic heterocycles. The fourth-order valence-corrected chi connectivity index (χ4v) is 1.65. The number of rotatable bonds is 3.